The first-order chi connectivity index (χ1) is 13.1. The standard InChI is InChI=1S/C20H24N2O5/c1-5-14-6-8-16(9-7-14)27-13-20(23)22-21-12-15-10-18(25-3)19(26-4)11-17(15)24-2/h6-12H,5,13H2,1-4H3,(H,22,23)/b21-12-. The molecule has 144 valence electrons. The van der Waals surface area contributed by atoms with Crippen molar-refractivity contribution in [2.45, 2.75) is 13.3 Å². The third-order valence-electron chi connectivity index (χ3n) is 3.83. The molecule has 0 aliphatic carbocycles. The number of rotatable bonds is 9. The van der Waals surface area contributed by atoms with E-state index in [9.17, 15) is 4.79 Å². The first kappa shape index (κ1) is 20.1. The van der Waals surface area contributed by atoms with Crippen LogP contribution >= 0.6 is 0 Å². The molecule has 0 aliphatic rings. The topological polar surface area (TPSA) is 78.4 Å². The van der Waals surface area contributed by atoms with Crippen LogP contribution in [0.5, 0.6) is 23.0 Å². The Balaban J connectivity index is 1.94. The number of hydrogen-bond acceptors (Lipinski definition) is 6. The van der Waals surface area contributed by atoms with Gasteiger partial charge in [0.05, 0.1) is 27.5 Å². The molecule has 0 heterocycles. The van der Waals surface area contributed by atoms with Crippen molar-refractivity contribution in [3.63, 3.8) is 0 Å². The summed E-state index contributed by atoms with van der Waals surface area (Å²) in [7, 11) is 4.62. The first-order valence-corrected chi connectivity index (χ1v) is 8.44. The van der Waals surface area contributed by atoms with Crippen LogP contribution in [-0.4, -0.2) is 40.1 Å². The minimum atomic E-state index is -0.370. The molecule has 0 radical (unpaired) electrons. The van der Waals surface area contributed by atoms with E-state index in [0.717, 1.165) is 6.42 Å². The second-order valence-corrected chi connectivity index (χ2v) is 5.53. The predicted molar refractivity (Wildman–Crippen MR) is 103 cm³/mol. The second kappa shape index (κ2) is 10.1. The lowest BCUT2D eigenvalue weighted by Crippen LogP contribution is -2.24. The fourth-order valence-electron chi connectivity index (χ4n) is 2.33. The number of methoxy groups -OCH3 is 3. The van der Waals surface area contributed by atoms with Gasteiger partial charge in [-0.3, -0.25) is 4.79 Å². The summed E-state index contributed by atoms with van der Waals surface area (Å²) in [5.41, 5.74) is 4.26. The van der Waals surface area contributed by atoms with Gasteiger partial charge in [0.1, 0.15) is 11.5 Å². The van der Waals surface area contributed by atoms with Crippen molar-refractivity contribution >= 4 is 12.1 Å². The fraction of sp³-hybridized carbons (Fsp3) is 0.300. The Labute approximate surface area is 158 Å². The molecule has 0 unspecified atom stereocenters. The second-order valence-electron chi connectivity index (χ2n) is 5.53. The summed E-state index contributed by atoms with van der Waals surface area (Å²) in [6, 6.07) is 11.0. The van der Waals surface area contributed by atoms with Crippen molar-refractivity contribution in [1.82, 2.24) is 5.43 Å². The lowest BCUT2D eigenvalue weighted by atomic mass is 10.2. The largest absolute Gasteiger partial charge is 0.496 e. The number of carbonyl (C=O) groups is 1. The van der Waals surface area contributed by atoms with Gasteiger partial charge in [-0.05, 0) is 30.2 Å². The van der Waals surface area contributed by atoms with Crippen LogP contribution in [0.1, 0.15) is 18.1 Å². The number of hydrogen-bond donors (Lipinski definition) is 1. The van der Waals surface area contributed by atoms with Gasteiger partial charge < -0.3 is 18.9 Å². The van der Waals surface area contributed by atoms with Gasteiger partial charge >= 0.3 is 0 Å². The lowest BCUT2D eigenvalue weighted by molar-refractivity contribution is -0.123. The van der Waals surface area contributed by atoms with Crippen molar-refractivity contribution < 1.29 is 23.7 Å². The van der Waals surface area contributed by atoms with Gasteiger partial charge in [-0.1, -0.05) is 19.1 Å². The van der Waals surface area contributed by atoms with Crippen LogP contribution in [0, 0.1) is 0 Å². The minimum Gasteiger partial charge on any atom is -0.496 e. The zero-order chi connectivity index (χ0) is 19.6. The summed E-state index contributed by atoms with van der Waals surface area (Å²) < 4.78 is 21.2. The molecule has 2 aromatic carbocycles. The van der Waals surface area contributed by atoms with Gasteiger partial charge in [0.25, 0.3) is 5.91 Å². The van der Waals surface area contributed by atoms with Crippen LogP contribution in [0.3, 0.4) is 0 Å². The van der Waals surface area contributed by atoms with Crippen LogP contribution in [0.4, 0.5) is 0 Å². The SMILES string of the molecule is CCc1ccc(OCC(=O)N/N=C\c2cc(OC)c(OC)cc2OC)cc1. The molecule has 0 saturated heterocycles. The molecular weight excluding hydrogens is 348 g/mol. The summed E-state index contributed by atoms with van der Waals surface area (Å²) in [4.78, 5) is 11.9. The highest BCUT2D eigenvalue weighted by Crippen LogP contribution is 2.33. The summed E-state index contributed by atoms with van der Waals surface area (Å²) >= 11 is 0. The summed E-state index contributed by atoms with van der Waals surface area (Å²) in [6.45, 7) is 1.95. The highest BCUT2D eigenvalue weighted by atomic mass is 16.5. The van der Waals surface area contributed by atoms with Gasteiger partial charge in [-0.25, -0.2) is 5.43 Å². The van der Waals surface area contributed by atoms with E-state index in [2.05, 4.69) is 17.5 Å². The number of ether oxygens (including phenoxy) is 4. The summed E-state index contributed by atoms with van der Waals surface area (Å²) in [5, 5.41) is 3.94. The van der Waals surface area contributed by atoms with E-state index in [-0.39, 0.29) is 12.5 Å². The Morgan fingerprint density at radius 3 is 2.22 bits per heavy atom. The summed E-state index contributed by atoms with van der Waals surface area (Å²) in [6.07, 6.45) is 2.42. The van der Waals surface area contributed by atoms with E-state index >= 15 is 0 Å². The zero-order valence-corrected chi connectivity index (χ0v) is 15.9. The highest BCUT2D eigenvalue weighted by Gasteiger charge is 2.10. The molecule has 7 heteroatoms. The molecule has 0 atom stereocenters. The van der Waals surface area contributed by atoms with E-state index in [1.807, 2.05) is 24.3 Å². The molecule has 27 heavy (non-hydrogen) atoms. The molecule has 0 aliphatic heterocycles. The van der Waals surface area contributed by atoms with Crippen molar-refractivity contribution in [2.24, 2.45) is 5.10 Å². The lowest BCUT2D eigenvalue weighted by Gasteiger charge is -2.11. The summed E-state index contributed by atoms with van der Waals surface area (Å²) in [5.74, 6) is 1.87. The third-order valence-corrected chi connectivity index (χ3v) is 3.83. The molecule has 0 spiro atoms. The van der Waals surface area contributed by atoms with Crippen molar-refractivity contribution in [1.29, 1.82) is 0 Å². The normalized spacial score (nSPS) is 10.5. The van der Waals surface area contributed by atoms with E-state index in [1.165, 1.54) is 26.0 Å². The van der Waals surface area contributed by atoms with Gasteiger partial charge in [0, 0.05) is 11.6 Å². The molecule has 0 saturated carbocycles. The number of nitrogens with zero attached hydrogens (tertiary/aromatic N) is 1. The van der Waals surface area contributed by atoms with Crippen molar-refractivity contribution in [3.8, 4) is 23.0 Å². The fourth-order valence-corrected chi connectivity index (χ4v) is 2.33. The number of nitrogens with one attached hydrogen (secondary N) is 1. The maximum absolute atomic E-state index is 11.9. The zero-order valence-electron chi connectivity index (χ0n) is 15.9. The Hall–Kier alpha value is -3.22. The predicted octanol–water partition coefficient (Wildman–Crippen LogP) is 2.80. The Morgan fingerprint density at radius 2 is 1.63 bits per heavy atom. The Bertz CT molecular complexity index is 788. The van der Waals surface area contributed by atoms with E-state index in [1.54, 1.807) is 19.2 Å². The number of carbonyl (C=O) groups excluding carboxylic acids is 1. The van der Waals surface area contributed by atoms with Crippen LogP contribution in [0.15, 0.2) is 41.5 Å². The molecule has 7 nitrogen and oxygen atoms in total. The van der Waals surface area contributed by atoms with Crippen LogP contribution in [0.2, 0.25) is 0 Å². The Morgan fingerprint density at radius 1 is 1.00 bits per heavy atom. The van der Waals surface area contributed by atoms with Crippen LogP contribution < -0.4 is 24.4 Å². The van der Waals surface area contributed by atoms with E-state index in [4.69, 9.17) is 18.9 Å². The molecular formula is C20H24N2O5. The van der Waals surface area contributed by atoms with Crippen molar-refractivity contribution in [3.05, 3.63) is 47.5 Å². The average Bonchev–Trinajstić information content (AvgIpc) is 2.72. The first-order valence-electron chi connectivity index (χ1n) is 8.44. The molecule has 0 aromatic heterocycles. The molecule has 1 amide bonds. The minimum absolute atomic E-state index is 0.133. The van der Waals surface area contributed by atoms with Crippen LogP contribution in [0.25, 0.3) is 0 Å². The number of amides is 1. The van der Waals surface area contributed by atoms with Gasteiger partial charge in [-0.15, -0.1) is 0 Å². The number of hydrazone groups is 1. The monoisotopic (exact) mass is 372 g/mol. The third kappa shape index (κ3) is 5.64. The quantitative estimate of drug-likeness (QED) is 0.541. The Kier molecular flexibility index (Phi) is 7.49. The molecule has 0 bridgehead atoms. The van der Waals surface area contributed by atoms with Gasteiger partial charge in [-0.2, -0.15) is 5.10 Å². The number of benzene rings is 2. The molecule has 2 rings (SSSR count). The van der Waals surface area contributed by atoms with E-state index in [0.29, 0.717) is 28.6 Å². The van der Waals surface area contributed by atoms with Gasteiger partial charge in [0.15, 0.2) is 18.1 Å². The highest BCUT2D eigenvalue weighted by molar-refractivity contribution is 5.86. The maximum atomic E-state index is 11.9. The molecule has 1 N–H and O–H groups in total. The molecule has 2 aromatic rings. The van der Waals surface area contributed by atoms with E-state index < -0.39 is 0 Å². The maximum Gasteiger partial charge on any atom is 0.277 e. The number of aryl methyl sites for hydroxylation is 1. The van der Waals surface area contributed by atoms with Crippen LogP contribution in [-0.2, 0) is 11.2 Å². The van der Waals surface area contributed by atoms with Gasteiger partial charge in [0.2, 0.25) is 0 Å². The average molecular weight is 372 g/mol. The smallest absolute Gasteiger partial charge is 0.277 e. The molecule has 0 fully saturated rings. The van der Waals surface area contributed by atoms with Crippen molar-refractivity contribution in [2.75, 3.05) is 27.9 Å².